The van der Waals surface area contributed by atoms with Crippen LogP contribution in [0.25, 0.3) is 0 Å². The van der Waals surface area contributed by atoms with Gasteiger partial charge in [-0.2, -0.15) is 0 Å². The Hall–Kier alpha value is -2.98. The number of nitrogens with zero attached hydrogens (tertiary/aromatic N) is 5. The van der Waals surface area contributed by atoms with E-state index in [9.17, 15) is 0 Å². The van der Waals surface area contributed by atoms with Crippen LogP contribution in [-0.2, 0) is 29.2 Å². The second-order valence-electron chi connectivity index (χ2n) is 7.04. The Bertz CT molecular complexity index is 741. The van der Waals surface area contributed by atoms with Crippen LogP contribution in [0.3, 0.4) is 0 Å². The van der Waals surface area contributed by atoms with Gasteiger partial charge in [-0.15, -0.1) is 5.10 Å². The summed E-state index contributed by atoms with van der Waals surface area (Å²) in [4.78, 5) is 23.3. The zero-order valence-electron chi connectivity index (χ0n) is 17.8. The van der Waals surface area contributed by atoms with Crippen molar-refractivity contribution in [2.45, 2.75) is 32.5 Å². The molecule has 0 bridgehead atoms. The first-order chi connectivity index (χ1) is 14.4. The smallest absolute Gasteiger partial charge is 0.318 e. The molecule has 1 fully saturated rings. The first-order valence-electron chi connectivity index (χ1n) is 9.58. The zero-order chi connectivity index (χ0) is 22.4. The van der Waals surface area contributed by atoms with Gasteiger partial charge in [-0.3, -0.25) is 14.5 Å². The Morgan fingerprint density at radius 2 is 1.57 bits per heavy atom. The Balaban J connectivity index is 0.000000672. The van der Waals surface area contributed by atoms with Gasteiger partial charge in [-0.25, -0.2) is 0 Å². The largest absolute Gasteiger partial charge is 0.483 e. The summed E-state index contributed by atoms with van der Waals surface area (Å²) >= 11 is 0. The molecular formula is C20H31N5O5. The van der Waals surface area contributed by atoms with Crippen molar-refractivity contribution in [3.05, 3.63) is 41.3 Å². The molecule has 10 nitrogen and oxygen atoms in total. The summed E-state index contributed by atoms with van der Waals surface area (Å²) in [5.41, 5.74) is 2.71. The summed E-state index contributed by atoms with van der Waals surface area (Å²) in [5.74, 6) is 0.646. The van der Waals surface area contributed by atoms with Crippen LogP contribution in [0.2, 0.25) is 0 Å². The lowest BCUT2D eigenvalue weighted by Crippen LogP contribution is -2.22. The molecule has 166 valence electrons. The first-order valence-corrected chi connectivity index (χ1v) is 9.58. The van der Waals surface area contributed by atoms with Crippen LogP contribution in [0.4, 0.5) is 6.01 Å². The minimum Gasteiger partial charge on any atom is -0.483 e. The third kappa shape index (κ3) is 9.01. The van der Waals surface area contributed by atoms with Gasteiger partial charge in [0.05, 0.1) is 6.54 Å². The van der Waals surface area contributed by atoms with Crippen LogP contribution in [0.1, 0.15) is 29.9 Å². The van der Waals surface area contributed by atoms with Crippen molar-refractivity contribution in [1.29, 1.82) is 0 Å². The van der Waals surface area contributed by atoms with E-state index in [1.807, 2.05) is 30.9 Å². The molecule has 0 radical (unpaired) electrons. The maximum Gasteiger partial charge on any atom is 0.318 e. The zero-order valence-corrected chi connectivity index (χ0v) is 17.8. The van der Waals surface area contributed by atoms with Gasteiger partial charge in [0.25, 0.3) is 12.9 Å². The topological polar surface area (TPSA) is 123 Å². The molecule has 10 heteroatoms. The molecule has 0 aliphatic carbocycles. The molecule has 1 aromatic heterocycles. The predicted octanol–water partition coefficient (Wildman–Crippen LogP) is 1.77. The van der Waals surface area contributed by atoms with Crippen molar-refractivity contribution in [3.63, 3.8) is 0 Å². The van der Waals surface area contributed by atoms with Crippen LogP contribution in [0.15, 0.2) is 28.7 Å². The average molecular weight is 421 g/mol. The summed E-state index contributed by atoms with van der Waals surface area (Å²) < 4.78 is 5.75. The molecular weight excluding hydrogens is 390 g/mol. The van der Waals surface area contributed by atoms with E-state index in [0.29, 0.717) is 18.5 Å². The monoisotopic (exact) mass is 421 g/mol. The standard InChI is InChI=1S/C18H27N5O.2CH2O2/c1-21(2)14-17-19-20-18(24-17)22(3)12-15-8-4-5-9-16(15)13-23-10-6-7-11-23;2*2-1-3/h4-5,8-9H,6-7,10-14H2,1-3H3;2*1H,(H,2,3). The van der Waals surface area contributed by atoms with E-state index < -0.39 is 0 Å². The highest BCUT2D eigenvalue weighted by molar-refractivity contribution is 5.33. The number of rotatable bonds is 7. The Kier molecular flexibility index (Phi) is 11.8. The van der Waals surface area contributed by atoms with Crippen molar-refractivity contribution in [3.8, 4) is 0 Å². The van der Waals surface area contributed by atoms with E-state index in [-0.39, 0.29) is 12.9 Å². The van der Waals surface area contributed by atoms with Crippen LogP contribution in [0, 0.1) is 0 Å². The van der Waals surface area contributed by atoms with Gasteiger partial charge >= 0.3 is 6.01 Å². The molecule has 1 aliphatic heterocycles. The summed E-state index contributed by atoms with van der Waals surface area (Å²) in [5, 5.41) is 22.1. The fraction of sp³-hybridized carbons (Fsp3) is 0.500. The van der Waals surface area contributed by atoms with Gasteiger partial charge in [0, 0.05) is 20.1 Å². The van der Waals surface area contributed by atoms with Crippen LogP contribution < -0.4 is 4.90 Å². The van der Waals surface area contributed by atoms with Gasteiger partial charge < -0.3 is 24.4 Å². The quantitative estimate of drug-likeness (QED) is 0.639. The number of anilines is 1. The van der Waals surface area contributed by atoms with Gasteiger partial charge in [0.15, 0.2) is 0 Å². The third-order valence-corrected chi connectivity index (χ3v) is 4.35. The molecule has 0 spiro atoms. The van der Waals surface area contributed by atoms with E-state index in [1.165, 1.54) is 37.1 Å². The van der Waals surface area contributed by atoms with E-state index >= 15 is 0 Å². The molecule has 2 aromatic rings. The van der Waals surface area contributed by atoms with Gasteiger partial charge in [0.2, 0.25) is 5.89 Å². The number of likely N-dealkylation sites (tertiary alicyclic amines) is 1. The fourth-order valence-corrected chi connectivity index (χ4v) is 3.10. The molecule has 0 saturated carbocycles. The highest BCUT2D eigenvalue weighted by Gasteiger charge is 2.16. The van der Waals surface area contributed by atoms with Crippen molar-refractivity contribution < 1.29 is 24.2 Å². The minimum absolute atomic E-state index is 0.250. The third-order valence-electron chi connectivity index (χ3n) is 4.35. The number of carbonyl (C=O) groups is 2. The fourth-order valence-electron chi connectivity index (χ4n) is 3.10. The molecule has 3 rings (SSSR count). The number of benzene rings is 1. The second kappa shape index (κ2) is 14.1. The van der Waals surface area contributed by atoms with Crippen LogP contribution in [0.5, 0.6) is 0 Å². The minimum atomic E-state index is -0.250. The van der Waals surface area contributed by atoms with Gasteiger partial charge in [0.1, 0.15) is 0 Å². The van der Waals surface area contributed by atoms with Crippen LogP contribution >= 0.6 is 0 Å². The van der Waals surface area contributed by atoms with Crippen molar-refractivity contribution >= 4 is 19.0 Å². The lowest BCUT2D eigenvalue weighted by molar-refractivity contribution is -0.123. The maximum absolute atomic E-state index is 8.36. The SMILES string of the molecule is CN(C)Cc1nnc(N(C)Cc2ccccc2CN2CCCC2)o1.O=CO.O=CO. The highest BCUT2D eigenvalue weighted by Crippen LogP contribution is 2.20. The second-order valence-corrected chi connectivity index (χ2v) is 7.04. The van der Waals surface area contributed by atoms with Gasteiger partial charge in [-0.1, -0.05) is 29.4 Å². The summed E-state index contributed by atoms with van der Waals surface area (Å²) in [7, 11) is 5.98. The Morgan fingerprint density at radius 1 is 1.00 bits per heavy atom. The normalized spacial score (nSPS) is 13.1. The first kappa shape index (κ1) is 25.1. The lowest BCUT2D eigenvalue weighted by atomic mass is 10.1. The van der Waals surface area contributed by atoms with E-state index in [4.69, 9.17) is 24.2 Å². The molecule has 0 atom stereocenters. The predicted molar refractivity (Wildman–Crippen MR) is 112 cm³/mol. The van der Waals surface area contributed by atoms with Crippen LogP contribution in [-0.4, -0.2) is 77.4 Å². The number of carboxylic acid groups (broad SMARTS) is 2. The van der Waals surface area contributed by atoms with E-state index in [0.717, 1.165) is 13.1 Å². The molecule has 0 unspecified atom stereocenters. The molecule has 30 heavy (non-hydrogen) atoms. The van der Waals surface area contributed by atoms with Crippen molar-refractivity contribution in [1.82, 2.24) is 20.0 Å². The molecule has 1 aromatic carbocycles. The van der Waals surface area contributed by atoms with E-state index in [2.05, 4.69) is 39.4 Å². The van der Waals surface area contributed by atoms with Gasteiger partial charge in [-0.05, 0) is 51.2 Å². The lowest BCUT2D eigenvalue weighted by Gasteiger charge is -2.20. The van der Waals surface area contributed by atoms with E-state index in [1.54, 1.807) is 0 Å². The average Bonchev–Trinajstić information content (AvgIpc) is 3.36. The Labute approximate surface area is 176 Å². The Morgan fingerprint density at radius 3 is 2.13 bits per heavy atom. The molecule has 1 aliphatic rings. The van der Waals surface area contributed by atoms with Crippen molar-refractivity contribution in [2.24, 2.45) is 0 Å². The van der Waals surface area contributed by atoms with Crippen molar-refractivity contribution in [2.75, 3.05) is 39.1 Å². The maximum atomic E-state index is 8.36. The summed E-state index contributed by atoms with van der Waals surface area (Å²) in [6, 6.07) is 9.22. The summed E-state index contributed by atoms with van der Waals surface area (Å²) in [6.07, 6.45) is 2.64. The highest BCUT2D eigenvalue weighted by atomic mass is 16.4. The summed E-state index contributed by atoms with van der Waals surface area (Å²) in [6.45, 7) is 4.38. The molecule has 0 amide bonds. The molecule has 2 N–H and O–H groups in total. The molecule has 1 saturated heterocycles. The molecule has 2 heterocycles. The number of hydrogen-bond donors (Lipinski definition) is 2. The number of aromatic nitrogens is 2. The number of hydrogen-bond acceptors (Lipinski definition) is 8.